The molecule has 0 atom stereocenters. The third kappa shape index (κ3) is 7.00. The Hall–Kier alpha value is -1.66. The molecule has 1 aliphatic rings. The molecule has 1 aliphatic heterocycles. The van der Waals surface area contributed by atoms with Gasteiger partial charge in [0.15, 0.2) is 5.11 Å². The van der Waals surface area contributed by atoms with E-state index in [1.807, 2.05) is 24.3 Å². The zero-order chi connectivity index (χ0) is 18.1. The van der Waals surface area contributed by atoms with Crippen LogP contribution in [0.3, 0.4) is 0 Å². The predicted molar refractivity (Wildman–Crippen MR) is 108 cm³/mol. The Morgan fingerprint density at radius 3 is 2.36 bits per heavy atom. The Kier molecular flexibility index (Phi) is 8.15. The normalized spacial score (nSPS) is 15.3. The van der Waals surface area contributed by atoms with Gasteiger partial charge in [-0.15, -0.1) is 0 Å². The summed E-state index contributed by atoms with van der Waals surface area (Å²) in [5.41, 5.74) is 1.56. The number of nitrogens with zero attached hydrogens (tertiary/aromatic N) is 2. The minimum atomic E-state index is 0.000708. The van der Waals surface area contributed by atoms with Gasteiger partial charge in [-0.3, -0.25) is 4.79 Å². The molecule has 0 aliphatic carbocycles. The molecule has 1 amide bonds. The molecule has 2 N–H and O–H groups in total. The first-order valence-electron chi connectivity index (χ1n) is 9.15. The molecule has 0 saturated carbocycles. The maximum atomic E-state index is 11.9. The highest BCUT2D eigenvalue weighted by Gasteiger charge is 2.09. The SMILES string of the molecule is CN(C)C(=O)c1ccc(NC(=S)NCCCN2CCCCCC2)cc1. The number of rotatable bonds is 6. The fourth-order valence-electron chi connectivity index (χ4n) is 2.99. The fraction of sp³-hybridized carbons (Fsp3) is 0.579. The molecule has 1 fully saturated rings. The predicted octanol–water partition coefficient (Wildman–Crippen LogP) is 2.94. The smallest absolute Gasteiger partial charge is 0.253 e. The van der Waals surface area contributed by atoms with Crippen molar-refractivity contribution >= 4 is 28.9 Å². The second-order valence-electron chi connectivity index (χ2n) is 6.77. The summed E-state index contributed by atoms with van der Waals surface area (Å²) in [5.74, 6) is 0.000708. The minimum Gasteiger partial charge on any atom is -0.362 e. The van der Waals surface area contributed by atoms with Gasteiger partial charge in [0, 0.05) is 31.9 Å². The average molecular weight is 363 g/mol. The van der Waals surface area contributed by atoms with Gasteiger partial charge in [-0.05, 0) is 75.4 Å². The number of likely N-dealkylation sites (tertiary alicyclic amines) is 1. The van der Waals surface area contributed by atoms with Crippen molar-refractivity contribution < 1.29 is 4.79 Å². The van der Waals surface area contributed by atoms with Crippen LogP contribution in [-0.4, -0.2) is 61.1 Å². The lowest BCUT2D eigenvalue weighted by atomic mass is 10.2. The number of amides is 1. The number of carbonyl (C=O) groups is 1. The lowest BCUT2D eigenvalue weighted by Crippen LogP contribution is -2.32. The Balaban J connectivity index is 1.67. The van der Waals surface area contributed by atoms with Gasteiger partial charge in [-0.25, -0.2) is 0 Å². The Morgan fingerprint density at radius 2 is 1.76 bits per heavy atom. The quantitative estimate of drug-likeness (QED) is 0.602. The lowest BCUT2D eigenvalue weighted by molar-refractivity contribution is 0.0827. The van der Waals surface area contributed by atoms with Gasteiger partial charge >= 0.3 is 0 Å². The number of nitrogens with one attached hydrogen (secondary N) is 2. The van der Waals surface area contributed by atoms with Crippen LogP contribution in [-0.2, 0) is 0 Å². The molecule has 5 nitrogen and oxygen atoms in total. The van der Waals surface area contributed by atoms with E-state index in [4.69, 9.17) is 12.2 Å². The van der Waals surface area contributed by atoms with E-state index in [2.05, 4.69) is 15.5 Å². The van der Waals surface area contributed by atoms with Crippen molar-refractivity contribution in [3.05, 3.63) is 29.8 Å². The van der Waals surface area contributed by atoms with Crippen molar-refractivity contribution in [2.75, 3.05) is 45.6 Å². The molecule has 138 valence electrons. The van der Waals surface area contributed by atoms with Crippen molar-refractivity contribution in [2.45, 2.75) is 32.1 Å². The lowest BCUT2D eigenvalue weighted by Gasteiger charge is -2.20. The molecule has 0 spiro atoms. The van der Waals surface area contributed by atoms with Gasteiger partial charge in [0.1, 0.15) is 0 Å². The molecule has 2 rings (SSSR count). The van der Waals surface area contributed by atoms with Crippen LogP contribution in [0.5, 0.6) is 0 Å². The van der Waals surface area contributed by atoms with E-state index >= 15 is 0 Å². The zero-order valence-electron chi connectivity index (χ0n) is 15.4. The zero-order valence-corrected chi connectivity index (χ0v) is 16.2. The van der Waals surface area contributed by atoms with E-state index in [9.17, 15) is 4.79 Å². The first kappa shape index (κ1) is 19.7. The first-order valence-corrected chi connectivity index (χ1v) is 9.56. The summed E-state index contributed by atoms with van der Waals surface area (Å²) in [6.45, 7) is 4.48. The highest BCUT2D eigenvalue weighted by molar-refractivity contribution is 7.80. The molecular weight excluding hydrogens is 332 g/mol. The molecular formula is C19H30N4OS. The van der Waals surface area contributed by atoms with Gasteiger partial charge in [0.2, 0.25) is 0 Å². The van der Waals surface area contributed by atoms with Crippen molar-refractivity contribution in [1.82, 2.24) is 15.1 Å². The van der Waals surface area contributed by atoms with Crippen molar-refractivity contribution in [3.63, 3.8) is 0 Å². The molecule has 1 saturated heterocycles. The number of hydrogen-bond donors (Lipinski definition) is 2. The molecule has 1 aromatic rings. The van der Waals surface area contributed by atoms with Crippen LogP contribution >= 0.6 is 12.2 Å². The van der Waals surface area contributed by atoms with Crippen LogP contribution in [0, 0.1) is 0 Å². The summed E-state index contributed by atoms with van der Waals surface area (Å²) in [7, 11) is 3.50. The summed E-state index contributed by atoms with van der Waals surface area (Å²) >= 11 is 5.34. The van der Waals surface area contributed by atoms with Gasteiger partial charge < -0.3 is 20.4 Å². The highest BCUT2D eigenvalue weighted by Crippen LogP contribution is 2.11. The molecule has 0 radical (unpaired) electrons. The molecule has 1 heterocycles. The van der Waals surface area contributed by atoms with E-state index in [0.717, 1.165) is 25.2 Å². The van der Waals surface area contributed by atoms with Crippen LogP contribution in [0.25, 0.3) is 0 Å². The van der Waals surface area contributed by atoms with Crippen molar-refractivity contribution in [3.8, 4) is 0 Å². The second kappa shape index (κ2) is 10.4. The molecule has 0 aromatic heterocycles. The molecule has 6 heteroatoms. The Bertz CT molecular complexity index is 551. The van der Waals surface area contributed by atoms with E-state index in [1.54, 1.807) is 19.0 Å². The van der Waals surface area contributed by atoms with Crippen LogP contribution < -0.4 is 10.6 Å². The third-order valence-electron chi connectivity index (χ3n) is 4.43. The summed E-state index contributed by atoms with van der Waals surface area (Å²) < 4.78 is 0. The van der Waals surface area contributed by atoms with Crippen molar-refractivity contribution in [1.29, 1.82) is 0 Å². The number of thiocarbonyl (C=S) groups is 1. The van der Waals surface area contributed by atoms with E-state index in [1.165, 1.54) is 38.8 Å². The average Bonchev–Trinajstić information content (AvgIpc) is 2.87. The largest absolute Gasteiger partial charge is 0.362 e. The van der Waals surface area contributed by atoms with E-state index < -0.39 is 0 Å². The van der Waals surface area contributed by atoms with Gasteiger partial charge in [0.25, 0.3) is 5.91 Å². The third-order valence-corrected chi connectivity index (χ3v) is 4.68. The fourth-order valence-corrected chi connectivity index (χ4v) is 3.21. The standard InChI is InChI=1S/C19H30N4OS/c1-22(2)18(24)16-8-10-17(11-9-16)21-19(25)20-12-7-15-23-13-5-3-4-6-14-23/h8-11H,3-7,12-15H2,1-2H3,(H2,20,21,25). The Labute approximate surface area is 156 Å². The first-order chi connectivity index (χ1) is 12.1. The van der Waals surface area contributed by atoms with Crippen LogP contribution in [0.4, 0.5) is 5.69 Å². The number of hydrogen-bond acceptors (Lipinski definition) is 3. The van der Waals surface area contributed by atoms with Gasteiger partial charge in [-0.2, -0.15) is 0 Å². The second-order valence-corrected chi connectivity index (χ2v) is 7.18. The summed E-state index contributed by atoms with van der Waals surface area (Å²) in [6.07, 6.45) is 6.51. The molecule has 1 aromatic carbocycles. The number of carbonyl (C=O) groups excluding carboxylic acids is 1. The van der Waals surface area contributed by atoms with E-state index in [0.29, 0.717) is 10.7 Å². The minimum absolute atomic E-state index is 0.000708. The van der Waals surface area contributed by atoms with Crippen LogP contribution in [0.2, 0.25) is 0 Å². The summed E-state index contributed by atoms with van der Waals surface area (Å²) in [5, 5.41) is 7.06. The van der Waals surface area contributed by atoms with E-state index in [-0.39, 0.29) is 5.91 Å². The summed E-state index contributed by atoms with van der Waals surface area (Å²) in [4.78, 5) is 16.0. The number of benzene rings is 1. The molecule has 25 heavy (non-hydrogen) atoms. The van der Waals surface area contributed by atoms with Crippen LogP contribution in [0.1, 0.15) is 42.5 Å². The van der Waals surface area contributed by atoms with Crippen LogP contribution in [0.15, 0.2) is 24.3 Å². The molecule has 0 bridgehead atoms. The Morgan fingerprint density at radius 1 is 1.12 bits per heavy atom. The van der Waals surface area contributed by atoms with Gasteiger partial charge in [0.05, 0.1) is 0 Å². The monoisotopic (exact) mass is 362 g/mol. The van der Waals surface area contributed by atoms with Gasteiger partial charge in [-0.1, -0.05) is 12.8 Å². The summed E-state index contributed by atoms with van der Waals surface area (Å²) in [6, 6.07) is 7.38. The van der Waals surface area contributed by atoms with Crippen molar-refractivity contribution in [2.24, 2.45) is 0 Å². The highest BCUT2D eigenvalue weighted by atomic mass is 32.1. The maximum absolute atomic E-state index is 11.9. The topological polar surface area (TPSA) is 47.6 Å². The number of anilines is 1. The molecule has 0 unspecified atom stereocenters. The maximum Gasteiger partial charge on any atom is 0.253 e.